The molecule has 0 unspecified atom stereocenters. The Kier molecular flexibility index (Phi) is 6.09. The summed E-state index contributed by atoms with van der Waals surface area (Å²) in [6.45, 7) is 2.15. The van der Waals surface area contributed by atoms with Crippen molar-refractivity contribution in [3.05, 3.63) is 123 Å². The molecule has 0 saturated heterocycles. The molecule has 0 aliphatic heterocycles. The van der Waals surface area contributed by atoms with E-state index in [1.807, 2.05) is 67.6 Å². The largest absolute Gasteiger partial charge is 0.384 e. The zero-order chi connectivity index (χ0) is 27.1. The summed E-state index contributed by atoms with van der Waals surface area (Å²) in [5, 5.41) is 0.546. The Bertz CT molecular complexity index is 1920. The first kappa shape index (κ1) is 24.4. The molecule has 0 atom stereocenters. The Labute approximate surface area is 228 Å². The fraction of sp³-hybridized carbons (Fsp3) is 0.0667. The number of hydrogen-bond acceptors (Lipinski definition) is 5. The number of nitrogens with zero attached hydrogens (tertiary/aromatic N) is 5. The van der Waals surface area contributed by atoms with Crippen molar-refractivity contribution in [3.63, 3.8) is 0 Å². The number of imidazole rings is 1. The van der Waals surface area contributed by atoms with Gasteiger partial charge in [0.2, 0.25) is 0 Å². The van der Waals surface area contributed by atoms with Crippen molar-refractivity contribution in [3.8, 4) is 33.9 Å². The third-order valence-corrected chi connectivity index (χ3v) is 6.88. The zero-order valence-corrected chi connectivity index (χ0v) is 21.7. The van der Waals surface area contributed by atoms with Gasteiger partial charge in [-0.1, -0.05) is 54.1 Å². The van der Waals surface area contributed by atoms with Gasteiger partial charge >= 0.3 is 5.69 Å². The maximum absolute atomic E-state index is 14.2. The first-order valence-corrected chi connectivity index (χ1v) is 12.8. The lowest BCUT2D eigenvalue weighted by molar-refractivity contribution is 0.730. The van der Waals surface area contributed by atoms with Crippen molar-refractivity contribution in [2.75, 3.05) is 5.73 Å². The quantitative estimate of drug-likeness (QED) is 0.322. The van der Waals surface area contributed by atoms with Crippen LogP contribution in [0.3, 0.4) is 0 Å². The molecular formula is C30H23ClN6O2. The Hall–Kier alpha value is -4.95. The van der Waals surface area contributed by atoms with E-state index in [4.69, 9.17) is 22.3 Å². The van der Waals surface area contributed by atoms with Crippen molar-refractivity contribution in [2.24, 2.45) is 0 Å². The van der Waals surface area contributed by atoms with Crippen LogP contribution in [0.2, 0.25) is 5.02 Å². The number of nitrogen functional groups attached to an aromatic ring is 1. The molecule has 192 valence electrons. The van der Waals surface area contributed by atoms with Gasteiger partial charge in [-0.25, -0.2) is 19.3 Å². The summed E-state index contributed by atoms with van der Waals surface area (Å²) in [4.78, 5) is 36.9. The van der Waals surface area contributed by atoms with Crippen LogP contribution in [0, 0.1) is 0 Å². The highest BCUT2D eigenvalue weighted by Crippen LogP contribution is 2.27. The SMILES string of the molecule is CCn1c(=O)n(-c2ccccc2)c2nc(-c3ccc(-c4ccc(N)nc4)cc3)n(-c3ccc(Cl)cc3)c(=O)c21. The van der Waals surface area contributed by atoms with Gasteiger partial charge in [0.05, 0.1) is 11.4 Å². The summed E-state index contributed by atoms with van der Waals surface area (Å²) in [7, 11) is 0. The van der Waals surface area contributed by atoms with E-state index in [-0.39, 0.29) is 16.8 Å². The highest BCUT2D eigenvalue weighted by molar-refractivity contribution is 6.30. The van der Waals surface area contributed by atoms with Crippen LogP contribution in [-0.2, 0) is 6.54 Å². The number of anilines is 1. The van der Waals surface area contributed by atoms with Crippen LogP contribution >= 0.6 is 11.6 Å². The average molecular weight is 535 g/mol. The zero-order valence-electron chi connectivity index (χ0n) is 21.0. The van der Waals surface area contributed by atoms with Gasteiger partial charge in [-0.3, -0.25) is 13.9 Å². The number of nitrogens with two attached hydrogens (primary N) is 1. The van der Waals surface area contributed by atoms with E-state index in [0.717, 1.165) is 11.1 Å². The van der Waals surface area contributed by atoms with Crippen LogP contribution in [0.15, 0.2) is 107 Å². The minimum Gasteiger partial charge on any atom is -0.384 e. The second-order valence-corrected chi connectivity index (χ2v) is 9.41. The van der Waals surface area contributed by atoms with Gasteiger partial charge in [0, 0.05) is 28.9 Å². The number of aromatic nitrogens is 5. The summed E-state index contributed by atoms with van der Waals surface area (Å²) in [5.74, 6) is 0.845. The van der Waals surface area contributed by atoms with Crippen molar-refractivity contribution in [1.29, 1.82) is 0 Å². The first-order valence-electron chi connectivity index (χ1n) is 12.4. The van der Waals surface area contributed by atoms with Crippen molar-refractivity contribution >= 4 is 28.6 Å². The molecule has 39 heavy (non-hydrogen) atoms. The molecule has 0 aliphatic rings. The van der Waals surface area contributed by atoms with E-state index < -0.39 is 0 Å². The molecule has 3 aromatic carbocycles. The molecule has 0 saturated carbocycles. The van der Waals surface area contributed by atoms with Gasteiger partial charge in [0.25, 0.3) is 5.56 Å². The number of benzene rings is 3. The summed E-state index contributed by atoms with van der Waals surface area (Å²) in [5.41, 5.74) is 9.36. The lowest BCUT2D eigenvalue weighted by atomic mass is 10.1. The van der Waals surface area contributed by atoms with Gasteiger partial charge < -0.3 is 5.73 Å². The van der Waals surface area contributed by atoms with Crippen LogP contribution in [0.5, 0.6) is 0 Å². The molecule has 3 heterocycles. The fourth-order valence-electron chi connectivity index (χ4n) is 4.71. The van der Waals surface area contributed by atoms with E-state index in [1.165, 1.54) is 13.7 Å². The Balaban J connectivity index is 1.65. The maximum atomic E-state index is 14.2. The predicted molar refractivity (Wildman–Crippen MR) is 155 cm³/mol. The van der Waals surface area contributed by atoms with Crippen molar-refractivity contribution in [1.82, 2.24) is 23.7 Å². The highest BCUT2D eigenvalue weighted by atomic mass is 35.5. The van der Waals surface area contributed by atoms with Gasteiger partial charge in [0.15, 0.2) is 11.2 Å². The summed E-state index contributed by atoms with van der Waals surface area (Å²) in [6.07, 6.45) is 1.71. The number of aryl methyl sites for hydroxylation is 1. The van der Waals surface area contributed by atoms with Gasteiger partial charge in [-0.2, -0.15) is 0 Å². The van der Waals surface area contributed by atoms with Gasteiger partial charge in [0.1, 0.15) is 11.6 Å². The Morgan fingerprint density at radius 1 is 0.769 bits per heavy atom. The lowest BCUT2D eigenvalue weighted by Gasteiger charge is -2.14. The van der Waals surface area contributed by atoms with Gasteiger partial charge in [-0.05, 0) is 61.0 Å². The monoisotopic (exact) mass is 534 g/mol. The minimum atomic E-state index is -0.349. The molecule has 3 aromatic heterocycles. The van der Waals surface area contributed by atoms with Crippen LogP contribution in [0.1, 0.15) is 6.92 Å². The van der Waals surface area contributed by atoms with E-state index in [1.54, 1.807) is 36.5 Å². The predicted octanol–water partition coefficient (Wildman–Crippen LogP) is 5.32. The molecular weight excluding hydrogens is 512 g/mol. The summed E-state index contributed by atoms with van der Waals surface area (Å²) < 4.78 is 4.48. The molecule has 2 N–H and O–H groups in total. The normalized spacial score (nSPS) is 11.2. The molecule has 0 spiro atoms. The van der Waals surface area contributed by atoms with E-state index in [0.29, 0.717) is 45.8 Å². The number of halogens is 1. The second kappa shape index (κ2) is 9.74. The lowest BCUT2D eigenvalue weighted by Crippen LogP contribution is -2.26. The second-order valence-electron chi connectivity index (χ2n) is 8.97. The number of fused-ring (bicyclic) bond motifs is 1. The smallest absolute Gasteiger partial charge is 0.335 e. The molecule has 0 amide bonds. The number of pyridine rings is 1. The average Bonchev–Trinajstić information content (AvgIpc) is 3.25. The number of hydrogen-bond donors (Lipinski definition) is 1. The third-order valence-electron chi connectivity index (χ3n) is 6.62. The molecule has 6 rings (SSSR count). The van der Waals surface area contributed by atoms with Crippen molar-refractivity contribution in [2.45, 2.75) is 13.5 Å². The molecule has 6 aromatic rings. The van der Waals surface area contributed by atoms with Crippen LogP contribution < -0.4 is 17.0 Å². The molecule has 0 fully saturated rings. The van der Waals surface area contributed by atoms with Gasteiger partial charge in [-0.15, -0.1) is 0 Å². The van der Waals surface area contributed by atoms with Crippen LogP contribution in [0.25, 0.3) is 45.1 Å². The number of para-hydroxylation sites is 1. The van der Waals surface area contributed by atoms with Crippen molar-refractivity contribution < 1.29 is 0 Å². The van der Waals surface area contributed by atoms with Crippen LogP contribution in [0.4, 0.5) is 5.82 Å². The molecule has 8 nitrogen and oxygen atoms in total. The standard InChI is InChI=1S/C30H23ClN6O2/c1-2-35-26-28(37(30(35)39)23-6-4-3-5-7-23)34-27(36(29(26)38)24-15-13-22(31)14-16-24)20-10-8-19(9-11-20)21-12-17-25(32)33-18-21/h3-18H,2H2,1H3,(H2,32,33). The summed E-state index contributed by atoms with van der Waals surface area (Å²) >= 11 is 6.15. The topological polar surface area (TPSA) is 101 Å². The highest BCUT2D eigenvalue weighted by Gasteiger charge is 2.23. The fourth-order valence-corrected chi connectivity index (χ4v) is 4.84. The molecule has 0 bridgehead atoms. The maximum Gasteiger partial charge on any atom is 0.335 e. The Morgan fingerprint density at radius 2 is 1.41 bits per heavy atom. The third kappa shape index (κ3) is 4.20. The minimum absolute atomic E-state index is 0.231. The number of rotatable bonds is 5. The summed E-state index contributed by atoms with van der Waals surface area (Å²) in [6, 6.07) is 27.5. The van der Waals surface area contributed by atoms with E-state index in [2.05, 4.69) is 4.98 Å². The molecule has 9 heteroatoms. The Morgan fingerprint density at radius 3 is 2.05 bits per heavy atom. The molecule has 0 aliphatic carbocycles. The molecule has 0 radical (unpaired) electrons. The van der Waals surface area contributed by atoms with E-state index >= 15 is 0 Å². The first-order chi connectivity index (χ1) is 19.0. The van der Waals surface area contributed by atoms with E-state index in [9.17, 15) is 9.59 Å². The van der Waals surface area contributed by atoms with Crippen LogP contribution in [-0.4, -0.2) is 23.7 Å².